The molecule has 6 heteroatoms. The van der Waals surface area contributed by atoms with Gasteiger partial charge in [-0.15, -0.1) is 11.3 Å². The summed E-state index contributed by atoms with van der Waals surface area (Å²) >= 11 is 4.85. The van der Waals surface area contributed by atoms with E-state index in [2.05, 4.69) is 36.4 Å². The number of thiazole rings is 1. The molecule has 0 aliphatic rings. The van der Waals surface area contributed by atoms with E-state index in [1.54, 1.807) is 23.0 Å². The Morgan fingerprint density at radius 1 is 1.62 bits per heavy atom. The van der Waals surface area contributed by atoms with E-state index in [0.717, 1.165) is 21.8 Å². The quantitative estimate of drug-likeness (QED) is 0.888. The maximum atomic E-state index is 3.96. The number of hydrogen-bond acceptors (Lipinski definition) is 4. The molecule has 2 heterocycles. The van der Waals surface area contributed by atoms with Crippen LogP contribution >= 0.6 is 27.3 Å². The number of nitrogens with one attached hydrogen (secondary N) is 2. The van der Waals surface area contributed by atoms with Crippen LogP contribution in [0.15, 0.2) is 22.4 Å². The molecule has 0 spiro atoms. The third kappa shape index (κ3) is 2.28. The molecule has 0 aromatic carbocycles. The van der Waals surface area contributed by atoms with Gasteiger partial charge >= 0.3 is 0 Å². The van der Waals surface area contributed by atoms with Crippen molar-refractivity contribution in [3.05, 3.63) is 28.1 Å². The molecule has 0 saturated carbocycles. The van der Waals surface area contributed by atoms with Gasteiger partial charge in [0, 0.05) is 0 Å². The molecule has 2 rings (SSSR count). The molecule has 4 nitrogen and oxygen atoms in total. The lowest BCUT2D eigenvalue weighted by atomic mass is 10.4. The molecule has 13 heavy (non-hydrogen) atoms. The van der Waals surface area contributed by atoms with Gasteiger partial charge in [0.2, 0.25) is 0 Å². The van der Waals surface area contributed by atoms with Crippen molar-refractivity contribution in [2.24, 2.45) is 0 Å². The van der Waals surface area contributed by atoms with Gasteiger partial charge in [-0.3, -0.25) is 10.1 Å². The lowest BCUT2D eigenvalue weighted by Gasteiger charge is -1.98. The Morgan fingerprint density at radius 2 is 2.54 bits per heavy atom. The SMILES string of the molecule is Brc1cc(CNc2cncs2)[nH]n1. The van der Waals surface area contributed by atoms with Gasteiger partial charge in [0.05, 0.1) is 23.9 Å². The number of aromatic amines is 1. The van der Waals surface area contributed by atoms with Crippen LogP contribution in [0.3, 0.4) is 0 Å². The van der Waals surface area contributed by atoms with E-state index in [0.29, 0.717) is 0 Å². The summed E-state index contributed by atoms with van der Waals surface area (Å²) < 4.78 is 0.827. The Morgan fingerprint density at radius 3 is 3.15 bits per heavy atom. The van der Waals surface area contributed by atoms with Crippen LogP contribution in [0, 0.1) is 0 Å². The van der Waals surface area contributed by atoms with Gasteiger partial charge in [0.15, 0.2) is 0 Å². The van der Waals surface area contributed by atoms with Gasteiger partial charge in [-0.1, -0.05) is 0 Å². The van der Waals surface area contributed by atoms with E-state index in [1.165, 1.54) is 0 Å². The van der Waals surface area contributed by atoms with Crippen molar-refractivity contribution < 1.29 is 0 Å². The zero-order chi connectivity index (χ0) is 9.10. The Hall–Kier alpha value is -0.880. The number of nitrogens with zero attached hydrogens (tertiary/aromatic N) is 2. The first-order chi connectivity index (χ1) is 6.34. The molecule has 2 N–H and O–H groups in total. The summed E-state index contributed by atoms with van der Waals surface area (Å²) in [5.74, 6) is 0. The van der Waals surface area contributed by atoms with E-state index < -0.39 is 0 Å². The minimum Gasteiger partial charge on any atom is -0.370 e. The standard InChI is InChI=1S/C7H7BrN4S/c8-6-1-5(11-12-6)2-10-7-3-9-4-13-7/h1,3-4,10H,2H2,(H,11,12). The molecule has 0 amide bonds. The van der Waals surface area contributed by atoms with Crippen molar-refractivity contribution in [1.82, 2.24) is 15.2 Å². The fraction of sp³-hybridized carbons (Fsp3) is 0.143. The molecule has 2 aromatic heterocycles. The Labute approximate surface area is 87.5 Å². The first-order valence-corrected chi connectivity index (χ1v) is 5.34. The molecule has 2 aromatic rings. The highest BCUT2D eigenvalue weighted by Crippen LogP contribution is 2.14. The molecular formula is C7H7BrN4S. The highest BCUT2D eigenvalue weighted by Gasteiger charge is 1.98. The number of halogens is 1. The van der Waals surface area contributed by atoms with Crippen LogP contribution in [0.2, 0.25) is 0 Å². The molecule has 0 bridgehead atoms. The summed E-state index contributed by atoms with van der Waals surface area (Å²) in [5, 5.41) is 11.1. The smallest absolute Gasteiger partial charge is 0.128 e. The average molecular weight is 259 g/mol. The second kappa shape index (κ2) is 3.89. The van der Waals surface area contributed by atoms with E-state index in [1.807, 2.05) is 6.07 Å². The minimum absolute atomic E-state index is 0.737. The molecule has 0 saturated heterocycles. The number of hydrogen-bond donors (Lipinski definition) is 2. The zero-order valence-electron chi connectivity index (χ0n) is 6.62. The van der Waals surface area contributed by atoms with Gasteiger partial charge in [-0.05, 0) is 22.0 Å². The second-order valence-electron chi connectivity index (χ2n) is 2.44. The summed E-state index contributed by atoms with van der Waals surface area (Å²) in [7, 11) is 0. The first-order valence-electron chi connectivity index (χ1n) is 3.67. The Bertz CT molecular complexity index is 370. The van der Waals surface area contributed by atoms with E-state index >= 15 is 0 Å². The average Bonchev–Trinajstić information content (AvgIpc) is 2.71. The zero-order valence-corrected chi connectivity index (χ0v) is 9.02. The summed E-state index contributed by atoms with van der Waals surface area (Å²) in [4.78, 5) is 3.96. The lowest BCUT2D eigenvalue weighted by Crippen LogP contribution is -1.97. The van der Waals surface area contributed by atoms with Crippen LogP contribution in [0.1, 0.15) is 5.69 Å². The fourth-order valence-electron chi connectivity index (χ4n) is 0.910. The van der Waals surface area contributed by atoms with Crippen molar-refractivity contribution in [2.45, 2.75) is 6.54 Å². The number of aromatic nitrogens is 3. The van der Waals surface area contributed by atoms with Crippen molar-refractivity contribution in [3.63, 3.8) is 0 Å². The van der Waals surface area contributed by atoms with Gasteiger partial charge < -0.3 is 5.32 Å². The summed E-state index contributed by atoms with van der Waals surface area (Å²) in [5.41, 5.74) is 2.84. The summed E-state index contributed by atoms with van der Waals surface area (Å²) in [6, 6.07) is 1.94. The van der Waals surface area contributed by atoms with Gasteiger partial charge in [-0.25, -0.2) is 0 Å². The van der Waals surface area contributed by atoms with E-state index in [9.17, 15) is 0 Å². The normalized spacial score (nSPS) is 10.2. The van der Waals surface area contributed by atoms with Crippen molar-refractivity contribution in [2.75, 3.05) is 5.32 Å². The number of rotatable bonds is 3. The Kier molecular flexibility index (Phi) is 2.60. The Balaban J connectivity index is 1.93. The molecule has 0 aliphatic carbocycles. The van der Waals surface area contributed by atoms with Gasteiger partial charge in [0.25, 0.3) is 0 Å². The lowest BCUT2D eigenvalue weighted by molar-refractivity contribution is 0.977. The third-order valence-corrected chi connectivity index (χ3v) is 2.62. The maximum absolute atomic E-state index is 3.96. The highest BCUT2D eigenvalue weighted by molar-refractivity contribution is 9.10. The van der Waals surface area contributed by atoms with Crippen LogP contribution in [0.4, 0.5) is 5.00 Å². The largest absolute Gasteiger partial charge is 0.370 e. The number of H-pyrrole nitrogens is 1. The first kappa shape index (κ1) is 8.71. The second-order valence-corrected chi connectivity index (χ2v) is 4.13. The molecule has 0 atom stereocenters. The molecule has 68 valence electrons. The van der Waals surface area contributed by atoms with E-state index in [-0.39, 0.29) is 0 Å². The van der Waals surface area contributed by atoms with Crippen LogP contribution in [0.25, 0.3) is 0 Å². The predicted octanol–water partition coefficient (Wildman–Crippen LogP) is 2.24. The maximum Gasteiger partial charge on any atom is 0.128 e. The van der Waals surface area contributed by atoms with Crippen molar-refractivity contribution >= 4 is 32.3 Å². The summed E-state index contributed by atoms with van der Waals surface area (Å²) in [6.45, 7) is 0.737. The van der Waals surface area contributed by atoms with E-state index in [4.69, 9.17) is 0 Å². The van der Waals surface area contributed by atoms with Crippen molar-refractivity contribution in [1.29, 1.82) is 0 Å². The van der Waals surface area contributed by atoms with Crippen LogP contribution in [-0.4, -0.2) is 15.2 Å². The van der Waals surface area contributed by atoms with Crippen LogP contribution < -0.4 is 5.32 Å². The monoisotopic (exact) mass is 258 g/mol. The van der Waals surface area contributed by atoms with Gasteiger partial charge in [0.1, 0.15) is 9.60 Å². The summed E-state index contributed by atoms with van der Waals surface area (Å²) in [6.07, 6.45) is 1.80. The predicted molar refractivity (Wildman–Crippen MR) is 55.7 cm³/mol. The molecule has 0 unspecified atom stereocenters. The molecule has 0 fully saturated rings. The molecule has 0 radical (unpaired) electrons. The van der Waals surface area contributed by atoms with Crippen LogP contribution in [-0.2, 0) is 6.54 Å². The minimum atomic E-state index is 0.737. The third-order valence-electron chi connectivity index (χ3n) is 1.49. The van der Waals surface area contributed by atoms with Crippen molar-refractivity contribution in [3.8, 4) is 0 Å². The number of anilines is 1. The topological polar surface area (TPSA) is 53.6 Å². The van der Waals surface area contributed by atoms with Crippen LogP contribution in [0.5, 0.6) is 0 Å². The molecular weight excluding hydrogens is 252 g/mol. The highest BCUT2D eigenvalue weighted by atomic mass is 79.9. The fourth-order valence-corrected chi connectivity index (χ4v) is 1.79. The molecule has 0 aliphatic heterocycles. The van der Waals surface area contributed by atoms with Gasteiger partial charge in [-0.2, -0.15) is 5.10 Å².